The first-order valence-electron chi connectivity index (χ1n) is 6.78. The van der Waals surface area contributed by atoms with E-state index in [1.54, 1.807) is 18.2 Å². The normalized spacial score (nSPS) is 20.5. The van der Waals surface area contributed by atoms with Crippen molar-refractivity contribution in [3.63, 3.8) is 0 Å². The quantitative estimate of drug-likeness (QED) is 0.839. The number of amides is 1. The van der Waals surface area contributed by atoms with Crippen molar-refractivity contribution < 1.29 is 14.3 Å². The molecule has 2 rings (SSSR count). The predicted octanol–water partition coefficient (Wildman–Crippen LogP) is 2.27. The average molecular weight is 313 g/mol. The molecule has 1 aromatic carbocycles. The van der Waals surface area contributed by atoms with Crippen molar-refractivity contribution >= 4 is 30.0 Å². The van der Waals surface area contributed by atoms with Crippen molar-refractivity contribution in [1.29, 1.82) is 0 Å². The summed E-state index contributed by atoms with van der Waals surface area (Å²) in [4.78, 5) is 23.7. The van der Waals surface area contributed by atoms with Gasteiger partial charge >= 0.3 is 5.97 Å². The van der Waals surface area contributed by atoms with E-state index in [0.717, 1.165) is 24.8 Å². The zero-order valence-electron chi connectivity index (χ0n) is 12.2. The Bertz CT molecular complexity index is 534. The molecule has 116 valence electrons. The number of nitrogens with one attached hydrogen (secondary N) is 1. The first-order chi connectivity index (χ1) is 9.52. The molecule has 1 aromatic rings. The van der Waals surface area contributed by atoms with Crippen LogP contribution in [-0.4, -0.2) is 25.0 Å². The number of carbonyl (C=O) groups excluding carboxylic acids is 2. The smallest absolute Gasteiger partial charge is 0.337 e. The van der Waals surface area contributed by atoms with Gasteiger partial charge in [0.25, 0.3) is 0 Å². The van der Waals surface area contributed by atoms with Gasteiger partial charge < -0.3 is 15.8 Å². The van der Waals surface area contributed by atoms with Crippen LogP contribution in [0.3, 0.4) is 0 Å². The molecule has 0 radical (unpaired) electrons. The van der Waals surface area contributed by atoms with Gasteiger partial charge in [-0.15, -0.1) is 12.4 Å². The van der Waals surface area contributed by atoms with Crippen LogP contribution in [0.15, 0.2) is 18.2 Å². The molecule has 1 saturated carbocycles. The Balaban J connectivity index is 0.00000220. The molecule has 2 atom stereocenters. The highest BCUT2D eigenvalue weighted by Crippen LogP contribution is 2.26. The molecule has 6 heteroatoms. The molecule has 2 unspecified atom stereocenters. The maximum absolute atomic E-state index is 12.2. The van der Waals surface area contributed by atoms with Gasteiger partial charge in [-0.2, -0.15) is 0 Å². The molecule has 0 bridgehead atoms. The van der Waals surface area contributed by atoms with Crippen LogP contribution in [0, 0.1) is 12.8 Å². The summed E-state index contributed by atoms with van der Waals surface area (Å²) in [6, 6.07) is 5.03. The van der Waals surface area contributed by atoms with Crippen molar-refractivity contribution in [2.24, 2.45) is 11.7 Å². The molecule has 0 aromatic heterocycles. The van der Waals surface area contributed by atoms with Crippen LogP contribution in [0.2, 0.25) is 0 Å². The maximum Gasteiger partial charge on any atom is 0.337 e. The summed E-state index contributed by atoms with van der Waals surface area (Å²) < 4.78 is 4.68. The monoisotopic (exact) mass is 312 g/mol. The highest BCUT2D eigenvalue weighted by atomic mass is 35.5. The topological polar surface area (TPSA) is 81.4 Å². The third kappa shape index (κ3) is 3.95. The predicted molar refractivity (Wildman–Crippen MR) is 83.7 cm³/mol. The Kier molecular flexibility index (Phi) is 6.18. The molecular formula is C15H21ClN2O3. The molecular weight excluding hydrogens is 292 g/mol. The summed E-state index contributed by atoms with van der Waals surface area (Å²) in [5, 5.41) is 2.88. The number of hydrogen-bond donors (Lipinski definition) is 2. The number of benzene rings is 1. The van der Waals surface area contributed by atoms with Gasteiger partial charge in [-0.25, -0.2) is 4.79 Å². The van der Waals surface area contributed by atoms with E-state index in [4.69, 9.17) is 5.73 Å². The lowest BCUT2D eigenvalue weighted by Gasteiger charge is -2.16. The zero-order chi connectivity index (χ0) is 14.7. The van der Waals surface area contributed by atoms with Gasteiger partial charge in [-0.3, -0.25) is 4.79 Å². The second kappa shape index (κ2) is 7.43. The summed E-state index contributed by atoms with van der Waals surface area (Å²) >= 11 is 0. The van der Waals surface area contributed by atoms with Gasteiger partial charge in [-0.05, 0) is 37.5 Å². The van der Waals surface area contributed by atoms with Crippen LogP contribution in [0.5, 0.6) is 0 Å². The van der Waals surface area contributed by atoms with Gasteiger partial charge in [0.2, 0.25) is 5.91 Å². The van der Waals surface area contributed by atoms with E-state index in [-0.39, 0.29) is 30.3 Å². The van der Waals surface area contributed by atoms with Gasteiger partial charge in [-0.1, -0.05) is 12.5 Å². The molecule has 0 spiro atoms. The van der Waals surface area contributed by atoms with Gasteiger partial charge in [0.15, 0.2) is 0 Å². The first kappa shape index (κ1) is 17.5. The number of halogens is 1. The second-order valence-corrected chi connectivity index (χ2v) is 5.21. The first-order valence-corrected chi connectivity index (χ1v) is 6.78. The van der Waals surface area contributed by atoms with Crippen LogP contribution >= 0.6 is 12.4 Å². The third-order valence-electron chi connectivity index (χ3n) is 3.82. The fourth-order valence-electron chi connectivity index (χ4n) is 2.54. The number of anilines is 1. The Labute approximate surface area is 130 Å². The minimum Gasteiger partial charge on any atom is -0.465 e. The van der Waals surface area contributed by atoms with Gasteiger partial charge in [0.1, 0.15) is 0 Å². The van der Waals surface area contributed by atoms with Crippen molar-refractivity contribution in [1.82, 2.24) is 0 Å². The SMILES string of the molecule is COC(=O)c1ccc(C)c(NC(=O)C2CCCC2N)c1.Cl. The number of methoxy groups -OCH3 is 1. The van der Waals surface area contributed by atoms with E-state index in [0.29, 0.717) is 11.3 Å². The number of nitrogens with two attached hydrogens (primary N) is 1. The van der Waals surface area contributed by atoms with Gasteiger partial charge in [0, 0.05) is 11.7 Å². The number of rotatable bonds is 3. The van der Waals surface area contributed by atoms with E-state index in [1.807, 2.05) is 6.92 Å². The third-order valence-corrected chi connectivity index (χ3v) is 3.82. The number of hydrogen-bond acceptors (Lipinski definition) is 4. The Morgan fingerprint density at radius 1 is 1.33 bits per heavy atom. The van der Waals surface area contributed by atoms with Crippen molar-refractivity contribution in [3.8, 4) is 0 Å². The lowest BCUT2D eigenvalue weighted by Crippen LogP contribution is -2.34. The molecule has 1 fully saturated rings. The number of carbonyl (C=O) groups is 2. The maximum atomic E-state index is 12.2. The van der Waals surface area contributed by atoms with E-state index < -0.39 is 5.97 Å². The Morgan fingerprint density at radius 3 is 2.62 bits per heavy atom. The molecule has 1 aliphatic rings. The Morgan fingerprint density at radius 2 is 2.05 bits per heavy atom. The summed E-state index contributed by atoms with van der Waals surface area (Å²) in [5.41, 5.74) is 7.89. The van der Waals surface area contributed by atoms with Crippen molar-refractivity contribution in [2.45, 2.75) is 32.2 Å². The fraction of sp³-hybridized carbons (Fsp3) is 0.467. The molecule has 0 saturated heterocycles. The van der Waals surface area contributed by atoms with E-state index in [2.05, 4.69) is 10.1 Å². The van der Waals surface area contributed by atoms with E-state index >= 15 is 0 Å². The number of ether oxygens (including phenoxy) is 1. The van der Waals surface area contributed by atoms with Gasteiger partial charge in [0.05, 0.1) is 18.6 Å². The van der Waals surface area contributed by atoms with Crippen molar-refractivity contribution in [2.75, 3.05) is 12.4 Å². The molecule has 1 aliphatic carbocycles. The van der Waals surface area contributed by atoms with Crippen LogP contribution < -0.4 is 11.1 Å². The van der Waals surface area contributed by atoms with Crippen LogP contribution in [0.25, 0.3) is 0 Å². The highest BCUT2D eigenvalue weighted by molar-refractivity contribution is 5.96. The molecule has 5 nitrogen and oxygen atoms in total. The lowest BCUT2D eigenvalue weighted by atomic mass is 10.0. The van der Waals surface area contributed by atoms with Crippen LogP contribution in [0.1, 0.15) is 35.2 Å². The number of aryl methyl sites for hydroxylation is 1. The Hall–Kier alpha value is -1.59. The standard InChI is InChI=1S/C15H20N2O3.ClH/c1-9-6-7-10(15(19)20-2)8-13(9)17-14(18)11-4-3-5-12(11)16;/h6-8,11-12H,3-5,16H2,1-2H3,(H,17,18);1H. The van der Waals surface area contributed by atoms with E-state index in [9.17, 15) is 9.59 Å². The lowest BCUT2D eigenvalue weighted by molar-refractivity contribution is -0.120. The fourth-order valence-corrected chi connectivity index (χ4v) is 2.54. The summed E-state index contributed by atoms with van der Waals surface area (Å²) in [5.74, 6) is -0.630. The molecule has 21 heavy (non-hydrogen) atoms. The largest absolute Gasteiger partial charge is 0.465 e. The minimum absolute atomic E-state index is 0. The summed E-state index contributed by atoms with van der Waals surface area (Å²) in [6.45, 7) is 1.88. The number of esters is 1. The molecule has 3 N–H and O–H groups in total. The second-order valence-electron chi connectivity index (χ2n) is 5.21. The molecule has 0 aliphatic heterocycles. The minimum atomic E-state index is -0.418. The summed E-state index contributed by atoms with van der Waals surface area (Å²) in [6.07, 6.45) is 2.70. The average Bonchev–Trinajstić information content (AvgIpc) is 2.86. The van der Waals surface area contributed by atoms with Crippen molar-refractivity contribution in [3.05, 3.63) is 29.3 Å². The highest BCUT2D eigenvalue weighted by Gasteiger charge is 2.30. The van der Waals surface area contributed by atoms with Crippen LogP contribution in [0.4, 0.5) is 5.69 Å². The molecule has 1 amide bonds. The van der Waals surface area contributed by atoms with Crippen LogP contribution in [-0.2, 0) is 9.53 Å². The zero-order valence-corrected chi connectivity index (χ0v) is 13.0. The molecule has 0 heterocycles. The van der Waals surface area contributed by atoms with E-state index in [1.165, 1.54) is 7.11 Å². The summed E-state index contributed by atoms with van der Waals surface area (Å²) in [7, 11) is 1.33.